The van der Waals surface area contributed by atoms with E-state index in [1.807, 2.05) is 0 Å². The van der Waals surface area contributed by atoms with Crippen molar-refractivity contribution in [3.8, 4) is 17.0 Å². The van der Waals surface area contributed by atoms with Gasteiger partial charge in [0.25, 0.3) is 0 Å². The minimum absolute atomic E-state index is 0.0624. The van der Waals surface area contributed by atoms with Crippen LogP contribution < -0.4 is 5.32 Å². The number of carboxylic acids is 1. The number of rotatable bonds is 4. The fraction of sp³-hybridized carbons (Fsp3) is 0.111. The van der Waals surface area contributed by atoms with Crippen LogP contribution in [0.4, 0.5) is 24.8 Å². The number of anilines is 2. The lowest BCUT2D eigenvalue weighted by Crippen LogP contribution is -2.09. The van der Waals surface area contributed by atoms with E-state index >= 15 is 0 Å². The third-order valence-electron chi connectivity index (χ3n) is 3.79. The SMILES string of the molecule is Cc1cc(-c2cc(Nc3cccc(C(F)(F)F)n3)ncn2)cc(C(=O)O)c1O. The number of hydrogen-bond donors (Lipinski definition) is 3. The molecule has 10 heteroatoms. The van der Waals surface area contributed by atoms with Crippen molar-refractivity contribution in [1.29, 1.82) is 0 Å². The normalized spacial score (nSPS) is 11.3. The van der Waals surface area contributed by atoms with Gasteiger partial charge in [-0.25, -0.2) is 19.7 Å². The van der Waals surface area contributed by atoms with Gasteiger partial charge in [0.2, 0.25) is 0 Å². The third-order valence-corrected chi connectivity index (χ3v) is 3.79. The van der Waals surface area contributed by atoms with E-state index in [1.165, 1.54) is 43.6 Å². The average Bonchev–Trinajstić information content (AvgIpc) is 2.63. The van der Waals surface area contributed by atoms with Crippen LogP contribution in [-0.4, -0.2) is 31.1 Å². The summed E-state index contributed by atoms with van der Waals surface area (Å²) in [5, 5.41) is 21.7. The molecule has 0 fully saturated rings. The number of carboxylic acid groups (broad SMARTS) is 1. The van der Waals surface area contributed by atoms with Gasteiger partial charge in [-0.2, -0.15) is 13.2 Å². The third kappa shape index (κ3) is 4.00. The maximum atomic E-state index is 12.8. The summed E-state index contributed by atoms with van der Waals surface area (Å²) in [5.41, 5.74) is -0.289. The van der Waals surface area contributed by atoms with Gasteiger partial charge in [0.1, 0.15) is 35.0 Å². The monoisotopic (exact) mass is 390 g/mol. The summed E-state index contributed by atoms with van der Waals surface area (Å²) in [6.45, 7) is 1.54. The molecule has 2 aromatic heterocycles. The van der Waals surface area contributed by atoms with Gasteiger partial charge in [0, 0.05) is 11.6 Å². The Kier molecular flexibility index (Phi) is 4.87. The number of aryl methyl sites for hydroxylation is 1. The van der Waals surface area contributed by atoms with E-state index in [9.17, 15) is 28.2 Å². The predicted molar refractivity (Wildman–Crippen MR) is 93.4 cm³/mol. The van der Waals surface area contributed by atoms with Gasteiger partial charge < -0.3 is 15.5 Å². The van der Waals surface area contributed by atoms with Crippen LogP contribution in [0.2, 0.25) is 0 Å². The van der Waals surface area contributed by atoms with Gasteiger partial charge in [0.05, 0.1) is 5.69 Å². The highest BCUT2D eigenvalue weighted by atomic mass is 19.4. The Bertz CT molecular complexity index is 1050. The van der Waals surface area contributed by atoms with Crippen LogP contribution in [-0.2, 0) is 6.18 Å². The summed E-state index contributed by atoms with van der Waals surface area (Å²) >= 11 is 0. The van der Waals surface area contributed by atoms with E-state index < -0.39 is 17.8 Å². The summed E-state index contributed by atoms with van der Waals surface area (Å²) in [7, 11) is 0. The first-order chi connectivity index (χ1) is 13.1. The lowest BCUT2D eigenvalue weighted by atomic mass is 10.0. The number of halogens is 3. The number of alkyl halides is 3. The van der Waals surface area contributed by atoms with Crippen LogP contribution >= 0.6 is 0 Å². The topological polar surface area (TPSA) is 108 Å². The van der Waals surface area contributed by atoms with Crippen molar-refractivity contribution in [3.05, 3.63) is 59.5 Å². The second kappa shape index (κ2) is 7.14. The van der Waals surface area contributed by atoms with Crippen molar-refractivity contribution in [1.82, 2.24) is 15.0 Å². The average molecular weight is 390 g/mol. The Hall–Kier alpha value is -3.69. The summed E-state index contributed by atoms with van der Waals surface area (Å²) in [5.74, 6) is -1.55. The molecule has 1 aromatic carbocycles. The molecule has 0 spiro atoms. The smallest absolute Gasteiger partial charge is 0.433 e. The number of carbonyl (C=O) groups is 1. The highest BCUT2D eigenvalue weighted by Crippen LogP contribution is 2.31. The van der Waals surface area contributed by atoms with Crippen LogP contribution in [0.1, 0.15) is 21.6 Å². The van der Waals surface area contributed by atoms with Crippen molar-refractivity contribution >= 4 is 17.6 Å². The summed E-state index contributed by atoms with van der Waals surface area (Å²) in [6, 6.07) is 7.63. The Balaban J connectivity index is 1.95. The minimum Gasteiger partial charge on any atom is -0.507 e. The van der Waals surface area contributed by atoms with Gasteiger partial charge in [-0.3, -0.25) is 0 Å². The van der Waals surface area contributed by atoms with Crippen LogP contribution in [0.3, 0.4) is 0 Å². The van der Waals surface area contributed by atoms with Gasteiger partial charge in [-0.15, -0.1) is 0 Å². The zero-order chi connectivity index (χ0) is 20.5. The fourth-order valence-corrected chi connectivity index (χ4v) is 2.47. The van der Waals surface area contributed by atoms with E-state index in [0.29, 0.717) is 16.8 Å². The van der Waals surface area contributed by atoms with Gasteiger partial charge in [-0.05, 0) is 36.8 Å². The number of nitrogens with one attached hydrogen (secondary N) is 1. The molecule has 7 nitrogen and oxygen atoms in total. The molecule has 0 aliphatic rings. The van der Waals surface area contributed by atoms with Crippen molar-refractivity contribution < 1.29 is 28.2 Å². The van der Waals surface area contributed by atoms with Crippen molar-refractivity contribution in [3.63, 3.8) is 0 Å². The Morgan fingerprint density at radius 1 is 1.11 bits per heavy atom. The molecule has 3 rings (SSSR count). The maximum Gasteiger partial charge on any atom is 0.433 e. The molecule has 28 heavy (non-hydrogen) atoms. The van der Waals surface area contributed by atoms with Gasteiger partial charge in [-0.1, -0.05) is 6.07 Å². The van der Waals surface area contributed by atoms with E-state index in [0.717, 1.165) is 6.07 Å². The first kappa shape index (κ1) is 19.1. The Labute approximate surface area is 156 Å². The molecule has 0 atom stereocenters. The summed E-state index contributed by atoms with van der Waals surface area (Å²) in [4.78, 5) is 22.8. The van der Waals surface area contributed by atoms with Crippen molar-refractivity contribution in [2.45, 2.75) is 13.1 Å². The largest absolute Gasteiger partial charge is 0.507 e. The maximum absolute atomic E-state index is 12.8. The highest BCUT2D eigenvalue weighted by molar-refractivity contribution is 5.93. The first-order valence-electron chi connectivity index (χ1n) is 7.86. The lowest BCUT2D eigenvalue weighted by Gasteiger charge is -2.11. The Morgan fingerprint density at radius 3 is 2.54 bits per heavy atom. The number of nitrogens with zero attached hydrogens (tertiary/aromatic N) is 3. The molecule has 0 saturated carbocycles. The molecule has 2 heterocycles. The molecule has 0 bridgehead atoms. The molecule has 0 aliphatic carbocycles. The van der Waals surface area contributed by atoms with Gasteiger partial charge >= 0.3 is 12.1 Å². The molecule has 0 unspecified atom stereocenters. The zero-order valence-corrected chi connectivity index (χ0v) is 14.3. The van der Waals surface area contributed by atoms with Crippen LogP contribution in [0.5, 0.6) is 5.75 Å². The molecule has 144 valence electrons. The van der Waals surface area contributed by atoms with Gasteiger partial charge in [0.15, 0.2) is 0 Å². The number of benzene rings is 1. The van der Waals surface area contributed by atoms with E-state index in [4.69, 9.17) is 0 Å². The van der Waals surface area contributed by atoms with Crippen LogP contribution in [0, 0.1) is 6.92 Å². The molecular weight excluding hydrogens is 377 g/mol. The van der Waals surface area contributed by atoms with Crippen molar-refractivity contribution in [2.75, 3.05) is 5.32 Å². The second-order valence-corrected chi connectivity index (χ2v) is 5.81. The van der Waals surface area contributed by atoms with E-state index in [1.54, 1.807) is 0 Å². The molecule has 3 aromatic rings. The van der Waals surface area contributed by atoms with Crippen molar-refractivity contribution in [2.24, 2.45) is 0 Å². The second-order valence-electron chi connectivity index (χ2n) is 5.81. The standard InChI is InChI=1S/C18H13F3N4O3/c1-9-5-10(6-11(16(9)26)17(27)28)12-7-15(23-8-22-12)25-14-4-2-3-13(24-14)18(19,20)21/h2-8,26H,1H3,(H,27,28)(H,22,23,24,25). The minimum atomic E-state index is -4.58. The number of aromatic carboxylic acids is 1. The fourth-order valence-electron chi connectivity index (χ4n) is 2.47. The van der Waals surface area contributed by atoms with E-state index in [-0.39, 0.29) is 22.9 Å². The van der Waals surface area contributed by atoms with E-state index in [2.05, 4.69) is 20.3 Å². The quantitative estimate of drug-likeness (QED) is 0.618. The molecule has 0 amide bonds. The number of phenols is 1. The van der Waals surface area contributed by atoms with Crippen LogP contribution in [0.25, 0.3) is 11.3 Å². The molecule has 0 radical (unpaired) electrons. The number of aromatic nitrogens is 3. The highest BCUT2D eigenvalue weighted by Gasteiger charge is 2.32. The summed E-state index contributed by atoms with van der Waals surface area (Å²) in [6.07, 6.45) is -3.40. The molecule has 0 aliphatic heterocycles. The number of pyridine rings is 1. The number of aromatic hydroxyl groups is 1. The van der Waals surface area contributed by atoms with Crippen LogP contribution in [0.15, 0.2) is 42.7 Å². The zero-order valence-electron chi connectivity index (χ0n) is 14.3. The predicted octanol–water partition coefficient (Wildman–Crippen LogP) is 4.01. The Morgan fingerprint density at radius 2 is 1.86 bits per heavy atom. The lowest BCUT2D eigenvalue weighted by molar-refractivity contribution is -0.141. The summed E-state index contributed by atoms with van der Waals surface area (Å²) < 4.78 is 38.3. The molecule has 3 N–H and O–H groups in total. The molecular formula is C18H13F3N4O3. The number of hydrogen-bond acceptors (Lipinski definition) is 6. The first-order valence-corrected chi connectivity index (χ1v) is 7.86. The molecule has 0 saturated heterocycles.